The smallest absolute Gasteiger partial charge is 0.250 e. The molecule has 1 saturated heterocycles. The molecular formula is C31H39NO6Si. The van der Waals surface area contributed by atoms with Gasteiger partial charge in [0.25, 0.3) is 8.32 Å². The van der Waals surface area contributed by atoms with Crippen molar-refractivity contribution in [3.63, 3.8) is 0 Å². The Labute approximate surface area is 232 Å². The Morgan fingerprint density at radius 3 is 1.82 bits per heavy atom. The lowest BCUT2D eigenvalue weighted by atomic mass is 9.77. The fourth-order valence-electron chi connectivity index (χ4n) is 4.69. The molecule has 0 unspecified atom stereocenters. The summed E-state index contributed by atoms with van der Waals surface area (Å²) in [5, 5.41) is 0.00919. The quantitative estimate of drug-likeness (QED) is 0.212. The van der Waals surface area contributed by atoms with E-state index in [-0.39, 0.29) is 22.9 Å². The van der Waals surface area contributed by atoms with Gasteiger partial charge in [-0.05, 0) is 41.4 Å². The van der Waals surface area contributed by atoms with E-state index in [2.05, 4.69) is 33.9 Å². The Hall–Kier alpha value is -3.65. The summed E-state index contributed by atoms with van der Waals surface area (Å²) in [4.78, 5) is 15.6. The Morgan fingerprint density at radius 2 is 1.31 bits per heavy atom. The third-order valence-corrected chi connectivity index (χ3v) is 12.2. The minimum atomic E-state index is -2.16. The fraction of sp³-hybridized carbons (Fsp3) is 0.387. The number of rotatable bonds is 9. The second-order valence-electron chi connectivity index (χ2n) is 11.2. The number of amides is 1. The Morgan fingerprint density at radius 1 is 0.718 bits per heavy atom. The van der Waals surface area contributed by atoms with Gasteiger partial charge < -0.3 is 28.3 Å². The van der Waals surface area contributed by atoms with Gasteiger partial charge in [0.1, 0.15) is 5.75 Å². The standard InChI is InChI=1S/C31H39NO6Si/c1-31(2,3)39(8,9)38-24-17-21(15-16-23(24)34-4)28-27(20-13-11-10-12-14-20)30(33)32(28)22-18-25(35-5)29(37-7)26(19-22)36-6/h10-19,27-28H,1-9H3/t27-,28-/m1/s1. The average Bonchev–Trinajstić information content (AvgIpc) is 2.90. The minimum absolute atomic E-state index is 0.00919. The normalized spacial score (nSPS) is 17.4. The van der Waals surface area contributed by atoms with E-state index in [0.29, 0.717) is 34.4 Å². The number of methoxy groups -OCH3 is 4. The molecule has 0 radical (unpaired) electrons. The molecule has 3 aromatic rings. The van der Waals surface area contributed by atoms with E-state index in [1.165, 1.54) is 0 Å². The van der Waals surface area contributed by atoms with Crippen molar-refractivity contribution in [2.45, 2.75) is 50.9 Å². The summed E-state index contributed by atoms with van der Waals surface area (Å²) in [5.74, 6) is 2.43. The number of hydrogen-bond acceptors (Lipinski definition) is 6. The van der Waals surface area contributed by atoms with E-state index < -0.39 is 8.32 Å². The molecule has 1 aliphatic heterocycles. The summed E-state index contributed by atoms with van der Waals surface area (Å²) >= 11 is 0. The summed E-state index contributed by atoms with van der Waals surface area (Å²) in [6.07, 6.45) is 0. The largest absolute Gasteiger partial charge is 0.541 e. The Bertz CT molecular complexity index is 1310. The highest BCUT2D eigenvalue weighted by atomic mass is 28.4. The highest BCUT2D eigenvalue weighted by Gasteiger charge is 2.50. The van der Waals surface area contributed by atoms with Crippen LogP contribution in [0.4, 0.5) is 5.69 Å². The predicted molar refractivity (Wildman–Crippen MR) is 156 cm³/mol. The summed E-state index contributed by atoms with van der Waals surface area (Å²) in [7, 11) is 4.18. The molecule has 7 nitrogen and oxygen atoms in total. The lowest BCUT2D eigenvalue weighted by molar-refractivity contribution is -0.126. The van der Waals surface area contributed by atoms with E-state index in [4.69, 9.17) is 23.4 Å². The van der Waals surface area contributed by atoms with Gasteiger partial charge in [-0.25, -0.2) is 0 Å². The minimum Gasteiger partial charge on any atom is -0.541 e. The molecule has 0 bridgehead atoms. The number of benzene rings is 3. The molecule has 3 aromatic carbocycles. The first-order chi connectivity index (χ1) is 18.5. The topological polar surface area (TPSA) is 66.5 Å². The highest BCUT2D eigenvalue weighted by molar-refractivity contribution is 6.74. The van der Waals surface area contributed by atoms with E-state index in [1.807, 2.05) is 60.7 Å². The van der Waals surface area contributed by atoms with Crippen molar-refractivity contribution in [2.75, 3.05) is 33.3 Å². The van der Waals surface area contributed by atoms with Crippen LogP contribution in [0, 0.1) is 0 Å². The van der Waals surface area contributed by atoms with Crippen LogP contribution in [0.5, 0.6) is 28.7 Å². The van der Waals surface area contributed by atoms with Crippen LogP contribution in [0.2, 0.25) is 18.1 Å². The van der Waals surface area contributed by atoms with E-state index in [9.17, 15) is 4.79 Å². The van der Waals surface area contributed by atoms with E-state index in [1.54, 1.807) is 33.3 Å². The molecule has 1 heterocycles. The van der Waals surface area contributed by atoms with Crippen molar-refractivity contribution < 1.29 is 28.2 Å². The molecule has 8 heteroatoms. The van der Waals surface area contributed by atoms with Gasteiger partial charge in [-0.2, -0.15) is 0 Å². The number of ether oxygens (including phenoxy) is 4. The van der Waals surface area contributed by atoms with Crippen molar-refractivity contribution in [3.8, 4) is 28.7 Å². The third kappa shape index (κ3) is 5.17. The van der Waals surface area contributed by atoms with Crippen molar-refractivity contribution in [1.82, 2.24) is 0 Å². The maximum Gasteiger partial charge on any atom is 0.250 e. The molecule has 1 aliphatic rings. The number of carbonyl (C=O) groups excluding carboxylic acids is 1. The van der Waals surface area contributed by atoms with Gasteiger partial charge in [0.15, 0.2) is 17.2 Å². The maximum atomic E-state index is 13.8. The molecular weight excluding hydrogens is 510 g/mol. The second kappa shape index (κ2) is 10.8. The summed E-state index contributed by atoms with van der Waals surface area (Å²) in [6.45, 7) is 11.0. The molecule has 0 aromatic heterocycles. The molecule has 208 valence electrons. The number of nitrogens with zero attached hydrogens (tertiary/aromatic N) is 1. The summed E-state index contributed by atoms with van der Waals surface area (Å²) in [5.41, 5.74) is 2.57. The van der Waals surface area contributed by atoms with Crippen molar-refractivity contribution in [3.05, 3.63) is 71.8 Å². The first kappa shape index (κ1) is 28.4. The SMILES string of the molecule is COc1ccc([C@@H]2[C@@H](c3ccccc3)C(=O)N2c2cc(OC)c(OC)c(OC)c2)cc1O[Si](C)(C)C(C)(C)C. The lowest BCUT2D eigenvalue weighted by Crippen LogP contribution is -2.53. The van der Waals surface area contributed by atoms with Crippen molar-refractivity contribution in [2.24, 2.45) is 0 Å². The zero-order valence-electron chi connectivity index (χ0n) is 24.3. The zero-order chi connectivity index (χ0) is 28.5. The van der Waals surface area contributed by atoms with Crippen LogP contribution in [0.3, 0.4) is 0 Å². The van der Waals surface area contributed by atoms with Gasteiger partial charge in [-0.1, -0.05) is 57.2 Å². The van der Waals surface area contributed by atoms with Crippen LogP contribution in [0.25, 0.3) is 0 Å². The number of anilines is 1. The van der Waals surface area contributed by atoms with Gasteiger partial charge in [0, 0.05) is 12.1 Å². The molecule has 39 heavy (non-hydrogen) atoms. The van der Waals surface area contributed by atoms with Gasteiger partial charge >= 0.3 is 0 Å². The molecule has 4 rings (SSSR count). The maximum absolute atomic E-state index is 13.8. The van der Waals surface area contributed by atoms with Crippen molar-refractivity contribution >= 4 is 19.9 Å². The summed E-state index contributed by atoms with van der Waals surface area (Å²) in [6, 6.07) is 19.2. The van der Waals surface area contributed by atoms with Crippen LogP contribution in [-0.4, -0.2) is 42.7 Å². The van der Waals surface area contributed by atoms with Crippen LogP contribution in [-0.2, 0) is 4.79 Å². The van der Waals surface area contributed by atoms with Crippen LogP contribution >= 0.6 is 0 Å². The Balaban J connectivity index is 1.86. The molecule has 1 fully saturated rings. The second-order valence-corrected chi connectivity index (χ2v) is 15.9. The lowest BCUT2D eigenvalue weighted by Gasteiger charge is -2.48. The average molecular weight is 550 g/mol. The van der Waals surface area contributed by atoms with Gasteiger partial charge in [-0.3, -0.25) is 4.79 Å². The first-order valence-electron chi connectivity index (χ1n) is 13.0. The third-order valence-electron chi connectivity index (χ3n) is 7.88. The predicted octanol–water partition coefficient (Wildman–Crippen LogP) is 6.98. The van der Waals surface area contributed by atoms with Crippen molar-refractivity contribution in [1.29, 1.82) is 0 Å². The molecule has 0 saturated carbocycles. The summed E-state index contributed by atoms with van der Waals surface area (Å²) < 4.78 is 29.1. The molecule has 2 atom stereocenters. The molecule has 0 aliphatic carbocycles. The van der Waals surface area contributed by atoms with Crippen LogP contribution < -0.4 is 28.3 Å². The monoisotopic (exact) mass is 549 g/mol. The van der Waals surface area contributed by atoms with Crippen LogP contribution in [0.15, 0.2) is 60.7 Å². The molecule has 1 amide bonds. The highest BCUT2D eigenvalue weighted by Crippen LogP contribution is 2.53. The molecule has 0 N–H and O–H groups in total. The number of β-lactam (4-membered cyclic amide) rings is 1. The van der Waals surface area contributed by atoms with Crippen LogP contribution in [0.1, 0.15) is 43.9 Å². The molecule has 0 spiro atoms. The van der Waals surface area contributed by atoms with Gasteiger partial charge in [-0.15, -0.1) is 0 Å². The van der Waals surface area contributed by atoms with E-state index in [0.717, 1.165) is 11.1 Å². The van der Waals surface area contributed by atoms with E-state index >= 15 is 0 Å². The fourth-order valence-corrected chi connectivity index (χ4v) is 5.71. The van der Waals surface area contributed by atoms with Gasteiger partial charge in [0.2, 0.25) is 11.7 Å². The zero-order valence-corrected chi connectivity index (χ0v) is 25.3. The Kier molecular flexibility index (Phi) is 7.89. The number of hydrogen-bond donors (Lipinski definition) is 0. The van der Waals surface area contributed by atoms with Gasteiger partial charge in [0.05, 0.1) is 46.1 Å². The first-order valence-corrected chi connectivity index (χ1v) is 15.9. The number of carbonyl (C=O) groups is 1.